The van der Waals surface area contributed by atoms with Crippen molar-refractivity contribution in [3.05, 3.63) is 180 Å². The van der Waals surface area contributed by atoms with Crippen molar-refractivity contribution in [2.45, 2.75) is 20.0 Å². The third kappa shape index (κ3) is 6.44. The second-order valence-electron chi connectivity index (χ2n) is 13.8. The number of hydrogen-bond donors (Lipinski definition) is 0. The number of rotatable bonds is 6. The van der Waals surface area contributed by atoms with E-state index in [1.165, 1.54) is 23.3 Å². The van der Waals surface area contributed by atoms with Gasteiger partial charge in [0.25, 0.3) is 0 Å². The van der Waals surface area contributed by atoms with E-state index in [-0.39, 0.29) is 0 Å². The van der Waals surface area contributed by atoms with Gasteiger partial charge in [0, 0.05) is 27.5 Å². The Morgan fingerprint density at radius 3 is 1.58 bits per heavy atom. The number of hydrogen-bond acceptors (Lipinski definition) is 3. The Balaban J connectivity index is 1.32. The van der Waals surface area contributed by atoms with Crippen LogP contribution >= 0.6 is 0 Å². The van der Waals surface area contributed by atoms with Gasteiger partial charge in [0.15, 0.2) is 17.5 Å². The van der Waals surface area contributed by atoms with Crippen LogP contribution in [0.1, 0.15) is 16.7 Å². The molecule has 0 fully saturated rings. The van der Waals surface area contributed by atoms with E-state index in [2.05, 4.69) is 66.9 Å². The van der Waals surface area contributed by atoms with Gasteiger partial charge in [-0.1, -0.05) is 132 Å². The molecule has 7 heteroatoms. The fourth-order valence-corrected chi connectivity index (χ4v) is 7.42. The molecule has 266 valence electrons. The van der Waals surface area contributed by atoms with Crippen molar-refractivity contribution in [3.8, 4) is 62.1 Å². The van der Waals surface area contributed by atoms with Crippen LogP contribution in [0.25, 0.3) is 83.9 Å². The summed E-state index contributed by atoms with van der Waals surface area (Å²) in [6.45, 7) is 4.22. The van der Waals surface area contributed by atoms with Crippen molar-refractivity contribution in [2.24, 2.45) is 0 Å². The molecule has 9 aromatic rings. The molecule has 4 nitrogen and oxygen atoms in total. The molecule has 0 aliphatic heterocycles. The minimum absolute atomic E-state index is 0.472. The van der Waals surface area contributed by atoms with Gasteiger partial charge in [-0.15, -0.1) is 0 Å². The number of aryl methyl sites for hydroxylation is 2. The van der Waals surface area contributed by atoms with Gasteiger partial charge in [-0.2, -0.15) is 13.2 Å². The average Bonchev–Trinajstić information content (AvgIpc) is 3.54. The van der Waals surface area contributed by atoms with Gasteiger partial charge in [-0.3, -0.25) is 0 Å². The Labute approximate surface area is 316 Å². The predicted molar refractivity (Wildman–Crippen MR) is 216 cm³/mol. The predicted octanol–water partition coefficient (Wildman–Crippen LogP) is 12.9. The zero-order valence-corrected chi connectivity index (χ0v) is 30.0. The Hall–Kier alpha value is -6.86. The summed E-state index contributed by atoms with van der Waals surface area (Å²) in [5.74, 6) is 1.53. The normalized spacial score (nSPS) is 11.7. The minimum atomic E-state index is -4.43. The van der Waals surface area contributed by atoms with Crippen LogP contribution in [0, 0.1) is 13.8 Å². The zero-order valence-electron chi connectivity index (χ0n) is 30.0. The van der Waals surface area contributed by atoms with Crippen LogP contribution in [0.3, 0.4) is 0 Å². The third-order valence-corrected chi connectivity index (χ3v) is 9.95. The minimum Gasteiger partial charge on any atom is -0.308 e. The van der Waals surface area contributed by atoms with Crippen LogP contribution in [0.4, 0.5) is 13.2 Å². The van der Waals surface area contributed by atoms with Crippen molar-refractivity contribution in [1.29, 1.82) is 0 Å². The van der Waals surface area contributed by atoms with E-state index in [9.17, 15) is 13.2 Å². The maximum Gasteiger partial charge on any atom is 0.416 e. The molecule has 9 rings (SSSR count). The summed E-state index contributed by atoms with van der Waals surface area (Å²) in [4.78, 5) is 15.1. The van der Waals surface area contributed by atoms with Gasteiger partial charge in [0.2, 0.25) is 0 Å². The molecule has 0 unspecified atom stereocenters. The summed E-state index contributed by atoms with van der Waals surface area (Å²) in [6.07, 6.45) is -4.43. The van der Waals surface area contributed by atoms with Crippen LogP contribution in [-0.4, -0.2) is 19.5 Å². The third-order valence-electron chi connectivity index (χ3n) is 9.95. The van der Waals surface area contributed by atoms with Crippen LogP contribution in [0.15, 0.2) is 164 Å². The first-order chi connectivity index (χ1) is 26.7. The first-order valence-corrected chi connectivity index (χ1v) is 18.0. The van der Waals surface area contributed by atoms with Crippen LogP contribution in [-0.2, 0) is 6.18 Å². The number of nitrogens with zero attached hydrogens (tertiary/aromatic N) is 4. The van der Waals surface area contributed by atoms with Crippen LogP contribution in [0.5, 0.6) is 0 Å². The summed E-state index contributed by atoms with van der Waals surface area (Å²) < 4.78 is 42.9. The first kappa shape index (κ1) is 33.9. The topological polar surface area (TPSA) is 43.6 Å². The van der Waals surface area contributed by atoms with Gasteiger partial charge in [0.1, 0.15) is 0 Å². The number of halogens is 3. The molecule has 0 bridgehead atoms. The molecule has 7 aromatic carbocycles. The molecule has 0 atom stereocenters. The Kier molecular flexibility index (Phi) is 8.35. The zero-order chi connectivity index (χ0) is 37.7. The largest absolute Gasteiger partial charge is 0.416 e. The summed E-state index contributed by atoms with van der Waals surface area (Å²) >= 11 is 0. The van der Waals surface area contributed by atoms with E-state index in [0.29, 0.717) is 23.0 Å². The molecular formula is C48H33F3N4. The van der Waals surface area contributed by atoms with E-state index >= 15 is 0 Å². The second-order valence-corrected chi connectivity index (χ2v) is 13.8. The van der Waals surface area contributed by atoms with Crippen molar-refractivity contribution in [3.63, 3.8) is 0 Å². The maximum absolute atomic E-state index is 13.6. The number of para-hydroxylation sites is 1. The Morgan fingerprint density at radius 2 is 0.945 bits per heavy atom. The standard InChI is InChI=1S/C48H33F3N4/c1-30-25-31(2)27-37(26-30)35-20-24-43-41(28-35)39-15-9-10-16-42(39)55(43)44-29-36(32-17-21-38(22-18-32)48(49,50)51)19-23-40(44)47-53-45(33-11-5-3-6-12-33)52-46(54-47)34-13-7-4-8-14-34/h3-29H,1-2H3. The van der Waals surface area contributed by atoms with E-state index < -0.39 is 11.7 Å². The fraction of sp³-hybridized carbons (Fsp3) is 0.0625. The number of benzene rings is 7. The average molecular weight is 723 g/mol. The lowest BCUT2D eigenvalue weighted by atomic mass is 9.99. The molecule has 55 heavy (non-hydrogen) atoms. The van der Waals surface area contributed by atoms with Gasteiger partial charge in [0.05, 0.1) is 22.3 Å². The number of aromatic nitrogens is 4. The molecule has 0 saturated heterocycles. The van der Waals surface area contributed by atoms with E-state index in [4.69, 9.17) is 15.0 Å². The van der Waals surface area contributed by atoms with E-state index in [1.54, 1.807) is 0 Å². The molecule has 0 aliphatic rings. The monoisotopic (exact) mass is 722 g/mol. The van der Waals surface area contributed by atoms with Crippen LogP contribution < -0.4 is 0 Å². The molecule has 0 radical (unpaired) electrons. The van der Waals surface area contributed by atoms with E-state index in [1.807, 2.05) is 91.0 Å². The van der Waals surface area contributed by atoms with Crippen molar-refractivity contribution in [2.75, 3.05) is 0 Å². The number of fused-ring (bicyclic) bond motifs is 3. The molecule has 0 saturated carbocycles. The lowest BCUT2D eigenvalue weighted by molar-refractivity contribution is -0.137. The fourth-order valence-electron chi connectivity index (χ4n) is 7.42. The smallest absolute Gasteiger partial charge is 0.308 e. The van der Waals surface area contributed by atoms with Gasteiger partial charge < -0.3 is 4.57 Å². The summed E-state index contributed by atoms with van der Waals surface area (Å²) in [5, 5.41) is 2.14. The van der Waals surface area contributed by atoms with E-state index in [0.717, 1.165) is 73.0 Å². The lowest BCUT2D eigenvalue weighted by Crippen LogP contribution is -2.05. The molecule has 0 aliphatic carbocycles. The highest BCUT2D eigenvalue weighted by molar-refractivity contribution is 6.11. The molecule has 2 aromatic heterocycles. The van der Waals surface area contributed by atoms with Gasteiger partial charge in [-0.05, 0) is 78.6 Å². The molecular weight excluding hydrogens is 690 g/mol. The SMILES string of the molecule is Cc1cc(C)cc(-c2ccc3c(c2)c2ccccc2n3-c2cc(-c3ccc(C(F)(F)F)cc3)ccc2-c2nc(-c3ccccc3)nc(-c3ccccc3)n2)c1. The van der Waals surface area contributed by atoms with Gasteiger partial charge in [-0.25, -0.2) is 15.0 Å². The van der Waals surface area contributed by atoms with Crippen molar-refractivity contribution in [1.82, 2.24) is 19.5 Å². The lowest BCUT2D eigenvalue weighted by Gasteiger charge is -2.17. The van der Waals surface area contributed by atoms with Crippen molar-refractivity contribution < 1.29 is 13.2 Å². The number of alkyl halides is 3. The van der Waals surface area contributed by atoms with Crippen molar-refractivity contribution >= 4 is 21.8 Å². The van der Waals surface area contributed by atoms with Crippen LogP contribution in [0.2, 0.25) is 0 Å². The summed E-state index contributed by atoms with van der Waals surface area (Å²) in [7, 11) is 0. The highest BCUT2D eigenvalue weighted by Gasteiger charge is 2.30. The van der Waals surface area contributed by atoms with Gasteiger partial charge >= 0.3 is 6.18 Å². The Bertz CT molecular complexity index is 2780. The molecule has 0 spiro atoms. The summed E-state index contributed by atoms with van der Waals surface area (Å²) in [5.41, 5.74) is 10.5. The highest BCUT2D eigenvalue weighted by Crippen LogP contribution is 2.40. The quantitative estimate of drug-likeness (QED) is 0.172. The molecule has 2 heterocycles. The second kappa shape index (κ2) is 13.5. The molecule has 0 N–H and O–H groups in total. The highest BCUT2D eigenvalue weighted by atomic mass is 19.4. The summed E-state index contributed by atoms with van der Waals surface area (Å²) in [6, 6.07) is 52.2. The maximum atomic E-state index is 13.6. The first-order valence-electron chi connectivity index (χ1n) is 18.0. The Morgan fingerprint density at radius 1 is 0.418 bits per heavy atom. The molecule has 0 amide bonds.